The van der Waals surface area contributed by atoms with Crippen LogP contribution in [-0.2, 0) is 4.79 Å². The summed E-state index contributed by atoms with van der Waals surface area (Å²) in [5, 5.41) is 8.72. The maximum Gasteiger partial charge on any atom is 0.257 e. The molecular formula is C17H26ClN3O4. The van der Waals surface area contributed by atoms with Gasteiger partial charge < -0.3 is 25.4 Å². The topological polar surface area (TPSA) is 88.7 Å². The molecule has 1 aliphatic rings. The zero-order valence-electron chi connectivity index (χ0n) is 14.6. The number of ether oxygens (including phenoxy) is 2. The minimum atomic E-state index is -0.236. The maximum absolute atomic E-state index is 12.2. The van der Waals surface area contributed by atoms with Crippen molar-refractivity contribution in [3.63, 3.8) is 0 Å². The molecule has 0 saturated carbocycles. The van der Waals surface area contributed by atoms with Crippen LogP contribution >= 0.6 is 12.4 Å². The number of hydrogen-bond donors (Lipinski definition) is 3. The molecule has 0 radical (unpaired) electrons. The first kappa shape index (κ1) is 21.1. The normalized spacial score (nSPS) is 15.8. The minimum Gasteiger partial charge on any atom is -0.493 e. The first-order chi connectivity index (χ1) is 11.6. The summed E-state index contributed by atoms with van der Waals surface area (Å²) in [6, 6.07) is 4.91. The Kier molecular flexibility index (Phi) is 9.08. The Morgan fingerprint density at radius 1 is 1.32 bits per heavy atom. The van der Waals surface area contributed by atoms with E-state index in [1.165, 1.54) is 20.6 Å². The van der Waals surface area contributed by atoms with Gasteiger partial charge in [-0.05, 0) is 50.0 Å². The summed E-state index contributed by atoms with van der Waals surface area (Å²) in [4.78, 5) is 23.5. The molecule has 1 atom stereocenters. The lowest BCUT2D eigenvalue weighted by molar-refractivity contribution is -0.122. The smallest absolute Gasteiger partial charge is 0.257 e. The second-order valence-electron chi connectivity index (χ2n) is 5.73. The van der Waals surface area contributed by atoms with Gasteiger partial charge >= 0.3 is 0 Å². The molecule has 1 aromatic carbocycles. The van der Waals surface area contributed by atoms with Gasteiger partial charge in [-0.2, -0.15) is 0 Å². The van der Waals surface area contributed by atoms with Crippen LogP contribution in [0, 0.1) is 5.92 Å². The van der Waals surface area contributed by atoms with E-state index < -0.39 is 0 Å². The number of carbonyl (C=O) groups excluding carboxylic acids is 2. The van der Waals surface area contributed by atoms with E-state index in [-0.39, 0.29) is 30.8 Å². The Bertz CT molecular complexity index is 577. The van der Waals surface area contributed by atoms with E-state index in [1.807, 2.05) is 0 Å². The van der Waals surface area contributed by atoms with Crippen molar-refractivity contribution in [1.82, 2.24) is 16.0 Å². The van der Waals surface area contributed by atoms with Crippen molar-refractivity contribution in [3.05, 3.63) is 23.8 Å². The fourth-order valence-electron chi connectivity index (χ4n) is 2.60. The van der Waals surface area contributed by atoms with E-state index in [2.05, 4.69) is 16.0 Å². The molecule has 1 unspecified atom stereocenters. The molecule has 8 heteroatoms. The highest BCUT2D eigenvalue weighted by Gasteiger charge is 2.15. The van der Waals surface area contributed by atoms with Gasteiger partial charge in [0.05, 0.1) is 7.11 Å². The Balaban J connectivity index is 0.00000312. The van der Waals surface area contributed by atoms with Crippen molar-refractivity contribution in [2.24, 2.45) is 5.92 Å². The van der Waals surface area contributed by atoms with Crippen molar-refractivity contribution < 1.29 is 19.1 Å². The van der Waals surface area contributed by atoms with Crippen LogP contribution in [0.5, 0.6) is 11.5 Å². The van der Waals surface area contributed by atoms with E-state index >= 15 is 0 Å². The standard InChI is InChI=1S/C17H25N3O4.ClH/c1-18-16(21)11-24-14-4-3-13(9-15(14)23-2)17(22)20-8-6-12-5-7-19-10-12;/h3-4,9,12,19H,5-8,10-11H2,1-2H3,(H,18,21)(H,20,22);1H. The van der Waals surface area contributed by atoms with Gasteiger partial charge in [0.25, 0.3) is 11.8 Å². The van der Waals surface area contributed by atoms with Crippen LogP contribution < -0.4 is 25.4 Å². The third-order valence-corrected chi connectivity index (χ3v) is 4.06. The molecule has 3 N–H and O–H groups in total. The number of halogens is 1. The van der Waals surface area contributed by atoms with Crippen LogP contribution in [0.25, 0.3) is 0 Å². The summed E-state index contributed by atoms with van der Waals surface area (Å²) >= 11 is 0. The highest BCUT2D eigenvalue weighted by Crippen LogP contribution is 2.28. The first-order valence-corrected chi connectivity index (χ1v) is 8.14. The highest BCUT2D eigenvalue weighted by atomic mass is 35.5. The lowest BCUT2D eigenvalue weighted by atomic mass is 10.1. The van der Waals surface area contributed by atoms with Crippen LogP contribution in [-0.4, -0.2) is 52.2 Å². The van der Waals surface area contributed by atoms with Crippen molar-refractivity contribution in [2.75, 3.05) is 40.4 Å². The second kappa shape index (κ2) is 10.8. The number of hydrogen-bond acceptors (Lipinski definition) is 5. The molecule has 0 bridgehead atoms. The predicted octanol–water partition coefficient (Wildman–Crippen LogP) is 0.971. The second-order valence-corrected chi connectivity index (χ2v) is 5.73. The maximum atomic E-state index is 12.2. The molecule has 7 nitrogen and oxygen atoms in total. The fraction of sp³-hybridized carbons (Fsp3) is 0.529. The molecular weight excluding hydrogens is 346 g/mol. The van der Waals surface area contributed by atoms with Gasteiger partial charge in [0.15, 0.2) is 18.1 Å². The fourth-order valence-corrected chi connectivity index (χ4v) is 2.60. The van der Waals surface area contributed by atoms with Crippen LogP contribution in [0.2, 0.25) is 0 Å². The van der Waals surface area contributed by atoms with E-state index in [9.17, 15) is 9.59 Å². The Morgan fingerprint density at radius 3 is 2.76 bits per heavy atom. The number of amides is 2. The van der Waals surface area contributed by atoms with Gasteiger partial charge in [-0.1, -0.05) is 0 Å². The number of methoxy groups -OCH3 is 1. The van der Waals surface area contributed by atoms with Gasteiger partial charge in [-0.25, -0.2) is 0 Å². The lowest BCUT2D eigenvalue weighted by Crippen LogP contribution is -2.26. The third-order valence-electron chi connectivity index (χ3n) is 4.06. The molecule has 1 heterocycles. The van der Waals surface area contributed by atoms with Crippen molar-refractivity contribution in [1.29, 1.82) is 0 Å². The number of nitrogens with one attached hydrogen (secondary N) is 3. The number of rotatable bonds is 8. The Labute approximate surface area is 154 Å². The number of benzene rings is 1. The van der Waals surface area contributed by atoms with Gasteiger partial charge in [0.2, 0.25) is 0 Å². The molecule has 25 heavy (non-hydrogen) atoms. The summed E-state index contributed by atoms with van der Waals surface area (Å²) < 4.78 is 10.6. The molecule has 140 valence electrons. The Hall–Kier alpha value is -1.99. The summed E-state index contributed by atoms with van der Waals surface area (Å²) in [7, 11) is 3.04. The predicted molar refractivity (Wildman–Crippen MR) is 97.7 cm³/mol. The molecule has 2 rings (SSSR count). The van der Waals surface area contributed by atoms with Crippen molar-refractivity contribution >= 4 is 24.2 Å². The zero-order valence-corrected chi connectivity index (χ0v) is 15.4. The first-order valence-electron chi connectivity index (χ1n) is 8.14. The van der Waals surface area contributed by atoms with E-state index in [0.717, 1.165) is 19.5 Å². The summed E-state index contributed by atoms with van der Waals surface area (Å²) in [6.45, 7) is 2.64. The number of likely N-dealkylation sites (N-methyl/N-ethyl adjacent to an activating group) is 1. The Morgan fingerprint density at radius 2 is 2.12 bits per heavy atom. The molecule has 0 aromatic heterocycles. The van der Waals surface area contributed by atoms with E-state index in [4.69, 9.17) is 9.47 Å². The van der Waals surface area contributed by atoms with E-state index in [1.54, 1.807) is 18.2 Å². The lowest BCUT2D eigenvalue weighted by Gasteiger charge is -2.12. The number of carbonyl (C=O) groups is 2. The SMILES string of the molecule is CNC(=O)COc1ccc(C(=O)NCCC2CCNC2)cc1OC.Cl. The van der Waals surface area contributed by atoms with Gasteiger partial charge in [-0.15, -0.1) is 12.4 Å². The van der Waals surface area contributed by atoms with Crippen molar-refractivity contribution in [3.8, 4) is 11.5 Å². The highest BCUT2D eigenvalue weighted by molar-refractivity contribution is 5.94. The summed E-state index contributed by atoms with van der Waals surface area (Å²) in [5.41, 5.74) is 0.503. The van der Waals surface area contributed by atoms with E-state index in [0.29, 0.717) is 29.5 Å². The quantitative estimate of drug-likeness (QED) is 0.633. The summed E-state index contributed by atoms with van der Waals surface area (Å²) in [5.74, 6) is 1.11. The van der Waals surface area contributed by atoms with Crippen LogP contribution in [0.15, 0.2) is 18.2 Å². The molecule has 0 spiro atoms. The largest absolute Gasteiger partial charge is 0.493 e. The molecule has 1 aromatic rings. The average molecular weight is 372 g/mol. The minimum absolute atomic E-state index is 0. The molecule has 2 amide bonds. The molecule has 1 saturated heterocycles. The average Bonchev–Trinajstić information content (AvgIpc) is 3.12. The van der Waals surface area contributed by atoms with Crippen LogP contribution in [0.4, 0.5) is 0 Å². The van der Waals surface area contributed by atoms with Crippen LogP contribution in [0.1, 0.15) is 23.2 Å². The van der Waals surface area contributed by atoms with Crippen LogP contribution in [0.3, 0.4) is 0 Å². The molecule has 1 fully saturated rings. The van der Waals surface area contributed by atoms with Crippen molar-refractivity contribution in [2.45, 2.75) is 12.8 Å². The zero-order chi connectivity index (χ0) is 17.4. The summed E-state index contributed by atoms with van der Waals surface area (Å²) in [6.07, 6.45) is 2.14. The molecule has 1 aliphatic heterocycles. The third kappa shape index (κ3) is 6.43. The van der Waals surface area contributed by atoms with Gasteiger partial charge in [0.1, 0.15) is 0 Å². The van der Waals surface area contributed by atoms with Gasteiger partial charge in [0, 0.05) is 19.2 Å². The monoisotopic (exact) mass is 371 g/mol. The van der Waals surface area contributed by atoms with Gasteiger partial charge in [-0.3, -0.25) is 9.59 Å². The molecule has 0 aliphatic carbocycles.